The van der Waals surface area contributed by atoms with Crippen LogP contribution in [0.4, 0.5) is 0 Å². The molecule has 1 heterocycles. The van der Waals surface area contributed by atoms with Gasteiger partial charge in [-0.25, -0.2) is 0 Å². The van der Waals surface area contributed by atoms with Crippen molar-refractivity contribution in [1.29, 1.82) is 0 Å². The van der Waals surface area contributed by atoms with Crippen molar-refractivity contribution in [2.45, 2.75) is 0 Å². The summed E-state index contributed by atoms with van der Waals surface area (Å²) in [4.78, 5) is 11.0. The van der Waals surface area contributed by atoms with Crippen LogP contribution in [0.3, 0.4) is 0 Å². The summed E-state index contributed by atoms with van der Waals surface area (Å²) in [5.41, 5.74) is 0. The number of hydrogen-bond acceptors (Lipinski definition) is 3. The second kappa shape index (κ2) is 4.92. The fourth-order valence-electron chi connectivity index (χ4n) is 0.823. The average molecular weight is 193 g/mol. The Morgan fingerprint density at radius 2 is 2.64 bits per heavy atom. The molecule has 0 fully saturated rings. The second-order valence-electron chi connectivity index (χ2n) is 2.62. The first-order valence-corrected chi connectivity index (χ1v) is 4.04. The first-order chi connectivity index (χ1) is 6.72. The van der Waals surface area contributed by atoms with Gasteiger partial charge < -0.3 is 10.1 Å². The predicted molar refractivity (Wildman–Crippen MR) is 50.5 cm³/mol. The fraction of sp³-hybridized carbons (Fsp3) is 0.333. The van der Waals surface area contributed by atoms with Crippen molar-refractivity contribution in [2.75, 3.05) is 13.2 Å². The van der Waals surface area contributed by atoms with Gasteiger partial charge in [0.25, 0.3) is 5.91 Å². The monoisotopic (exact) mass is 193 g/mol. The van der Waals surface area contributed by atoms with Crippen LogP contribution in [0.15, 0.2) is 12.4 Å². The molecule has 5 nitrogen and oxygen atoms in total. The van der Waals surface area contributed by atoms with Crippen molar-refractivity contribution in [1.82, 2.24) is 15.1 Å². The van der Waals surface area contributed by atoms with Gasteiger partial charge in [0, 0.05) is 7.05 Å². The van der Waals surface area contributed by atoms with Crippen LogP contribution in [0.5, 0.6) is 5.75 Å². The second-order valence-corrected chi connectivity index (χ2v) is 2.62. The van der Waals surface area contributed by atoms with E-state index in [9.17, 15) is 4.79 Å². The van der Waals surface area contributed by atoms with Gasteiger partial charge in [0.2, 0.25) is 0 Å². The molecule has 0 aliphatic carbocycles. The molecule has 0 spiro atoms. The molecule has 1 rings (SSSR count). The fourth-order valence-corrected chi connectivity index (χ4v) is 0.823. The lowest BCUT2D eigenvalue weighted by molar-refractivity contribution is -0.122. The Balaban J connectivity index is 2.27. The predicted octanol–water partition coefficient (Wildman–Crippen LogP) is -0.452. The Morgan fingerprint density at radius 1 is 1.86 bits per heavy atom. The standard InChI is InChI=1S/C9H11N3O2/c1-3-4-10-9(13)7-14-8-5-11-12(2)6-8/h1,5-6H,4,7H2,2H3,(H,10,13). The molecule has 1 amide bonds. The molecule has 0 radical (unpaired) electrons. The molecule has 0 saturated heterocycles. The van der Waals surface area contributed by atoms with Gasteiger partial charge in [0.1, 0.15) is 0 Å². The van der Waals surface area contributed by atoms with E-state index in [2.05, 4.69) is 16.3 Å². The van der Waals surface area contributed by atoms with Crippen LogP contribution < -0.4 is 10.1 Å². The van der Waals surface area contributed by atoms with Gasteiger partial charge in [-0.2, -0.15) is 5.10 Å². The quantitative estimate of drug-likeness (QED) is 0.659. The van der Waals surface area contributed by atoms with Crippen molar-refractivity contribution >= 4 is 5.91 Å². The molecular formula is C9H11N3O2. The van der Waals surface area contributed by atoms with Crippen LogP contribution in [-0.2, 0) is 11.8 Å². The molecule has 1 aromatic rings. The number of hydrogen-bond donors (Lipinski definition) is 1. The van der Waals surface area contributed by atoms with Crippen molar-refractivity contribution in [2.24, 2.45) is 7.05 Å². The van der Waals surface area contributed by atoms with E-state index in [0.29, 0.717) is 5.75 Å². The van der Waals surface area contributed by atoms with Crippen LogP contribution in [0.25, 0.3) is 0 Å². The van der Waals surface area contributed by atoms with Crippen LogP contribution in [0.1, 0.15) is 0 Å². The lowest BCUT2D eigenvalue weighted by Gasteiger charge is -2.02. The highest BCUT2D eigenvalue weighted by atomic mass is 16.5. The van der Waals surface area contributed by atoms with Crippen LogP contribution in [-0.4, -0.2) is 28.8 Å². The van der Waals surface area contributed by atoms with Gasteiger partial charge in [-0.05, 0) is 0 Å². The maximum absolute atomic E-state index is 11.0. The zero-order chi connectivity index (χ0) is 10.4. The van der Waals surface area contributed by atoms with Gasteiger partial charge in [-0.15, -0.1) is 6.42 Å². The van der Waals surface area contributed by atoms with E-state index in [4.69, 9.17) is 11.2 Å². The minimum absolute atomic E-state index is 0.0482. The van der Waals surface area contributed by atoms with Crippen molar-refractivity contribution in [3.63, 3.8) is 0 Å². The molecule has 0 bridgehead atoms. The van der Waals surface area contributed by atoms with E-state index in [1.165, 1.54) is 6.20 Å². The van der Waals surface area contributed by atoms with Crippen molar-refractivity contribution < 1.29 is 9.53 Å². The molecule has 5 heteroatoms. The molecule has 0 atom stereocenters. The zero-order valence-electron chi connectivity index (χ0n) is 7.86. The Labute approximate surface area is 82.1 Å². The molecule has 1 N–H and O–H groups in total. The Kier molecular flexibility index (Phi) is 3.56. The Bertz CT molecular complexity index is 351. The summed E-state index contributed by atoms with van der Waals surface area (Å²) in [6.07, 6.45) is 8.18. The number of ether oxygens (including phenoxy) is 1. The molecule has 0 aliphatic rings. The van der Waals surface area contributed by atoms with E-state index in [-0.39, 0.29) is 19.1 Å². The Hall–Kier alpha value is -1.96. The molecule has 14 heavy (non-hydrogen) atoms. The highest BCUT2D eigenvalue weighted by Crippen LogP contribution is 2.05. The van der Waals surface area contributed by atoms with Crippen LogP contribution >= 0.6 is 0 Å². The summed E-state index contributed by atoms with van der Waals surface area (Å²) < 4.78 is 6.71. The number of carbonyl (C=O) groups is 1. The SMILES string of the molecule is C#CCNC(=O)COc1cnn(C)c1. The molecule has 0 aromatic carbocycles. The van der Waals surface area contributed by atoms with Crippen molar-refractivity contribution in [3.8, 4) is 18.1 Å². The van der Waals surface area contributed by atoms with Gasteiger partial charge in [0.15, 0.2) is 12.4 Å². The summed E-state index contributed by atoms with van der Waals surface area (Å²) in [6.45, 7) is 0.169. The third-order valence-electron chi connectivity index (χ3n) is 1.44. The number of aryl methyl sites for hydroxylation is 1. The molecule has 0 saturated carbocycles. The third kappa shape index (κ3) is 3.19. The number of carbonyl (C=O) groups excluding carboxylic acids is 1. The number of nitrogens with one attached hydrogen (secondary N) is 1. The summed E-state index contributed by atoms with van der Waals surface area (Å²) in [6, 6.07) is 0. The number of aromatic nitrogens is 2. The van der Waals surface area contributed by atoms with Gasteiger partial charge in [0.05, 0.1) is 18.9 Å². The third-order valence-corrected chi connectivity index (χ3v) is 1.44. The van der Waals surface area contributed by atoms with Crippen molar-refractivity contribution in [3.05, 3.63) is 12.4 Å². The number of nitrogens with zero attached hydrogens (tertiary/aromatic N) is 2. The first kappa shape index (κ1) is 10.1. The normalized spacial score (nSPS) is 9.14. The number of rotatable bonds is 4. The van der Waals surface area contributed by atoms with Crippen LogP contribution in [0, 0.1) is 12.3 Å². The van der Waals surface area contributed by atoms with Gasteiger partial charge in [-0.3, -0.25) is 9.48 Å². The summed E-state index contributed by atoms with van der Waals surface area (Å²) in [5, 5.41) is 6.37. The van der Waals surface area contributed by atoms with E-state index >= 15 is 0 Å². The smallest absolute Gasteiger partial charge is 0.258 e. The molecule has 74 valence electrons. The van der Waals surface area contributed by atoms with E-state index in [1.54, 1.807) is 17.9 Å². The summed E-state index contributed by atoms with van der Waals surface area (Å²) >= 11 is 0. The molecular weight excluding hydrogens is 182 g/mol. The largest absolute Gasteiger partial charge is 0.480 e. The topological polar surface area (TPSA) is 56.1 Å². The number of terminal acetylenes is 1. The minimum Gasteiger partial charge on any atom is -0.480 e. The molecule has 1 aromatic heterocycles. The average Bonchev–Trinajstić information content (AvgIpc) is 2.58. The first-order valence-electron chi connectivity index (χ1n) is 4.04. The van der Waals surface area contributed by atoms with E-state index in [0.717, 1.165) is 0 Å². The van der Waals surface area contributed by atoms with E-state index < -0.39 is 0 Å². The molecule has 0 unspecified atom stereocenters. The van der Waals surface area contributed by atoms with Gasteiger partial charge >= 0.3 is 0 Å². The molecule has 0 aliphatic heterocycles. The lowest BCUT2D eigenvalue weighted by Crippen LogP contribution is -2.28. The lowest BCUT2D eigenvalue weighted by atomic mass is 10.5. The van der Waals surface area contributed by atoms with Gasteiger partial charge in [-0.1, -0.05) is 5.92 Å². The highest BCUT2D eigenvalue weighted by molar-refractivity contribution is 5.77. The maximum Gasteiger partial charge on any atom is 0.258 e. The summed E-state index contributed by atoms with van der Waals surface area (Å²) in [7, 11) is 1.77. The van der Waals surface area contributed by atoms with E-state index in [1.807, 2.05) is 0 Å². The maximum atomic E-state index is 11.0. The minimum atomic E-state index is -0.244. The summed E-state index contributed by atoms with van der Waals surface area (Å²) in [5.74, 6) is 2.61. The number of amides is 1. The van der Waals surface area contributed by atoms with Crippen LogP contribution in [0.2, 0.25) is 0 Å². The highest BCUT2D eigenvalue weighted by Gasteiger charge is 2.02. The Morgan fingerprint density at radius 3 is 3.21 bits per heavy atom. The zero-order valence-corrected chi connectivity index (χ0v) is 7.86.